The van der Waals surface area contributed by atoms with E-state index >= 15 is 0 Å². The van der Waals surface area contributed by atoms with Crippen LogP contribution in [0, 0.1) is 0 Å². The van der Waals surface area contributed by atoms with Crippen molar-refractivity contribution in [3.63, 3.8) is 0 Å². The highest BCUT2D eigenvalue weighted by atomic mass is 16.8. The van der Waals surface area contributed by atoms with Gasteiger partial charge in [0, 0.05) is 13.1 Å². The summed E-state index contributed by atoms with van der Waals surface area (Å²) >= 11 is 0. The highest BCUT2D eigenvalue weighted by Gasteiger charge is 2.58. The Morgan fingerprint density at radius 1 is 0.857 bits per heavy atom. The third kappa shape index (κ3) is 10.7. The zero-order valence-corrected chi connectivity index (χ0v) is 19.8. The fourth-order valence-corrected chi connectivity index (χ4v) is 2.73. The van der Waals surface area contributed by atoms with Crippen LogP contribution in [-0.4, -0.2) is 154 Å². The highest BCUT2D eigenvalue weighted by molar-refractivity contribution is 4.98. The van der Waals surface area contributed by atoms with Gasteiger partial charge in [-0.1, -0.05) is 0 Å². The first-order chi connectivity index (χ1) is 16.1. The summed E-state index contributed by atoms with van der Waals surface area (Å²) in [6, 6.07) is 0. The Labute approximate surface area is 203 Å². The summed E-state index contributed by atoms with van der Waals surface area (Å²) < 4.78 is 24.7. The summed E-state index contributed by atoms with van der Waals surface area (Å²) in [6.07, 6.45) is -12.1. The lowest BCUT2D eigenvalue weighted by Gasteiger charge is -2.43. The first-order valence-corrected chi connectivity index (χ1v) is 11.0. The zero-order valence-electron chi connectivity index (χ0n) is 19.8. The van der Waals surface area contributed by atoms with E-state index in [1.807, 2.05) is 0 Å². The summed E-state index contributed by atoms with van der Waals surface area (Å²) in [7, 11) is 0. The zero-order chi connectivity index (χ0) is 25.9. The standard InChI is InChI=1S/C12H22O11.C3H6O.C2H8N2.C2H4O.H3N/c13-1-4-6(16)8(18)9(19)11(21-4)23-12(3-15)10(20)7(17)5(2-14)22-12;1-3-2-4-3;3-1-2-4;1-2-3-1;/h4-11,13-20H,1-3H2;3H,2H2,1H3;1-4H2;1-2H2;1H3/t4-,5-,6-,7-,8+,9-,10+,11-,12-;;;;/m1..../s1. The SMILES string of the molecule is C1CO1.CC1CO1.N.NCCN.OC[C@H]1O[C@](CO)(O[C@H]2O[C@H](CO)[C@@H](O)[C@H](O)[C@H]2O)[C@@H](O)[C@@H]1O. The quantitative estimate of drug-likeness (QED) is 0.145. The Bertz CT molecular complexity index is 541. The van der Waals surface area contributed by atoms with Gasteiger partial charge >= 0.3 is 0 Å². The van der Waals surface area contributed by atoms with Crippen LogP contribution >= 0.6 is 0 Å². The topological polar surface area (TPSA) is 302 Å². The van der Waals surface area contributed by atoms with Crippen molar-refractivity contribution in [2.45, 2.75) is 67.8 Å². The van der Waals surface area contributed by atoms with Gasteiger partial charge in [-0.3, -0.25) is 0 Å². The second-order valence-corrected chi connectivity index (χ2v) is 7.89. The van der Waals surface area contributed by atoms with Gasteiger partial charge in [0.05, 0.1) is 39.1 Å². The van der Waals surface area contributed by atoms with Crippen LogP contribution in [-0.2, 0) is 23.7 Å². The molecule has 0 aromatic carbocycles. The van der Waals surface area contributed by atoms with Crippen LogP contribution in [0.4, 0.5) is 0 Å². The van der Waals surface area contributed by atoms with Crippen LogP contribution in [0.5, 0.6) is 0 Å². The molecular formula is C19H43N3O13. The van der Waals surface area contributed by atoms with Crippen LogP contribution in [0.25, 0.3) is 0 Å². The summed E-state index contributed by atoms with van der Waals surface area (Å²) in [4.78, 5) is 0. The Hall–Kier alpha value is -0.640. The second-order valence-electron chi connectivity index (χ2n) is 7.89. The second kappa shape index (κ2) is 17.0. The van der Waals surface area contributed by atoms with E-state index in [2.05, 4.69) is 11.7 Å². The van der Waals surface area contributed by atoms with Gasteiger partial charge in [0.15, 0.2) is 6.29 Å². The van der Waals surface area contributed by atoms with Gasteiger partial charge in [-0.15, -0.1) is 0 Å². The molecule has 4 aliphatic rings. The maximum absolute atomic E-state index is 10.00. The molecule has 4 heterocycles. The van der Waals surface area contributed by atoms with Crippen LogP contribution in [0.3, 0.4) is 0 Å². The normalized spacial score (nSPS) is 41.1. The fourth-order valence-electron chi connectivity index (χ4n) is 2.73. The van der Waals surface area contributed by atoms with Crippen molar-refractivity contribution in [1.29, 1.82) is 0 Å². The van der Waals surface area contributed by atoms with E-state index in [1.165, 1.54) is 0 Å². The first-order valence-electron chi connectivity index (χ1n) is 11.0. The molecule has 16 nitrogen and oxygen atoms in total. The Balaban J connectivity index is 0.000000789. The predicted molar refractivity (Wildman–Crippen MR) is 118 cm³/mol. The molecule has 0 aromatic rings. The fraction of sp³-hybridized carbons (Fsp3) is 1.00. The number of epoxide rings is 2. The van der Waals surface area contributed by atoms with E-state index in [0.717, 1.165) is 19.8 Å². The molecule has 0 spiro atoms. The van der Waals surface area contributed by atoms with Gasteiger partial charge in [-0.25, -0.2) is 0 Å². The number of rotatable bonds is 6. The molecule has 0 aliphatic carbocycles. The smallest absolute Gasteiger partial charge is 0.224 e. The van der Waals surface area contributed by atoms with Crippen molar-refractivity contribution in [1.82, 2.24) is 6.15 Å². The van der Waals surface area contributed by atoms with Gasteiger partial charge in [-0.2, -0.15) is 0 Å². The third-order valence-corrected chi connectivity index (χ3v) is 4.94. The van der Waals surface area contributed by atoms with E-state index in [1.54, 1.807) is 0 Å². The predicted octanol–water partition coefficient (Wildman–Crippen LogP) is -5.91. The minimum atomic E-state index is -2.22. The lowest BCUT2D eigenvalue weighted by molar-refractivity contribution is -0.383. The molecule has 10 atom stereocenters. The van der Waals surface area contributed by atoms with Crippen LogP contribution in [0.1, 0.15) is 6.92 Å². The van der Waals surface area contributed by atoms with E-state index in [9.17, 15) is 30.6 Å². The Kier molecular flexibility index (Phi) is 16.7. The minimum absolute atomic E-state index is 0. The number of hydrogen-bond donors (Lipinski definition) is 11. The molecule has 4 saturated heterocycles. The molecule has 15 N–H and O–H groups in total. The van der Waals surface area contributed by atoms with Gasteiger partial charge < -0.3 is 82.2 Å². The molecule has 212 valence electrons. The van der Waals surface area contributed by atoms with Crippen LogP contribution in [0.2, 0.25) is 0 Å². The minimum Gasteiger partial charge on any atom is -0.394 e. The van der Waals surface area contributed by atoms with Crippen LogP contribution < -0.4 is 17.6 Å². The first kappa shape index (κ1) is 34.4. The summed E-state index contributed by atoms with van der Waals surface area (Å²) in [5, 5.41) is 76.7. The molecule has 4 rings (SSSR count). The highest BCUT2D eigenvalue weighted by Crippen LogP contribution is 2.35. The lowest BCUT2D eigenvalue weighted by atomic mass is 9.99. The van der Waals surface area contributed by atoms with E-state index in [4.69, 9.17) is 40.6 Å². The number of nitrogens with two attached hydrogens (primary N) is 2. The Morgan fingerprint density at radius 2 is 1.34 bits per heavy atom. The van der Waals surface area contributed by atoms with E-state index in [0.29, 0.717) is 19.2 Å². The van der Waals surface area contributed by atoms with Crippen molar-refractivity contribution >= 4 is 0 Å². The molecule has 0 aromatic heterocycles. The number of aliphatic hydroxyl groups is 8. The largest absolute Gasteiger partial charge is 0.394 e. The molecule has 16 heteroatoms. The monoisotopic (exact) mass is 521 g/mol. The molecule has 4 fully saturated rings. The molecule has 1 unspecified atom stereocenters. The molecule has 0 radical (unpaired) electrons. The average molecular weight is 522 g/mol. The Morgan fingerprint density at radius 3 is 1.66 bits per heavy atom. The molecule has 0 amide bonds. The number of hydrogen-bond acceptors (Lipinski definition) is 16. The molecular weight excluding hydrogens is 478 g/mol. The number of ether oxygens (including phenoxy) is 5. The van der Waals surface area contributed by atoms with Crippen molar-refractivity contribution in [2.24, 2.45) is 11.5 Å². The van der Waals surface area contributed by atoms with E-state index in [-0.39, 0.29) is 6.15 Å². The summed E-state index contributed by atoms with van der Waals surface area (Å²) in [5.41, 5.74) is 9.81. The average Bonchev–Trinajstić information content (AvgIpc) is 3.78. The van der Waals surface area contributed by atoms with E-state index < -0.39 is 74.6 Å². The molecule has 4 aliphatic heterocycles. The number of aliphatic hydroxyl groups excluding tert-OH is 8. The maximum Gasteiger partial charge on any atom is 0.224 e. The van der Waals surface area contributed by atoms with Crippen LogP contribution in [0.15, 0.2) is 0 Å². The van der Waals surface area contributed by atoms with Crippen molar-refractivity contribution in [3.8, 4) is 0 Å². The summed E-state index contributed by atoms with van der Waals surface area (Å²) in [6.45, 7) is 3.91. The third-order valence-electron chi connectivity index (χ3n) is 4.94. The van der Waals surface area contributed by atoms with Gasteiger partial charge in [0.25, 0.3) is 0 Å². The maximum atomic E-state index is 10.00. The van der Waals surface area contributed by atoms with Gasteiger partial charge in [0.1, 0.15) is 49.3 Å². The van der Waals surface area contributed by atoms with Crippen molar-refractivity contribution < 1.29 is 64.5 Å². The molecule has 0 saturated carbocycles. The van der Waals surface area contributed by atoms with Gasteiger partial charge in [-0.05, 0) is 6.92 Å². The molecule has 35 heavy (non-hydrogen) atoms. The summed E-state index contributed by atoms with van der Waals surface area (Å²) in [5.74, 6) is -2.22. The lowest BCUT2D eigenvalue weighted by Crippen LogP contribution is -2.62. The van der Waals surface area contributed by atoms with Crippen molar-refractivity contribution in [3.05, 3.63) is 0 Å². The van der Waals surface area contributed by atoms with Crippen molar-refractivity contribution in [2.75, 3.05) is 52.7 Å². The van der Waals surface area contributed by atoms with Gasteiger partial charge in [0.2, 0.25) is 5.79 Å². The molecule has 0 bridgehead atoms.